The molecular formula is C24H24ClN3O2. The second kappa shape index (κ2) is 10.5. The zero-order valence-corrected chi connectivity index (χ0v) is 17.4. The van der Waals surface area contributed by atoms with Gasteiger partial charge in [-0.05, 0) is 42.3 Å². The summed E-state index contributed by atoms with van der Waals surface area (Å²) in [5.74, 6) is -0.367. The van der Waals surface area contributed by atoms with Crippen molar-refractivity contribution in [1.82, 2.24) is 10.6 Å². The lowest BCUT2D eigenvalue weighted by molar-refractivity contribution is -0.120. The van der Waals surface area contributed by atoms with Crippen molar-refractivity contribution in [2.45, 2.75) is 19.5 Å². The van der Waals surface area contributed by atoms with E-state index in [1.165, 1.54) is 0 Å². The molecule has 0 aliphatic carbocycles. The minimum absolute atomic E-state index is 0.0565. The molecule has 0 bridgehead atoms. The molecule has 0 spiro atoms. The Balaban J connectivity index is 1.55. The predicted octanol–water partition coefficient (Wildman–Crippen LogP) is 4.56. The van der Waals surface area contributed by atoms with E-state index < -0.39 is 0 Å². The highest BCUT2D eigenvalue weighted by atomic mass is 35.5. The summed E-state index contributed by atoms with van der Waals surface area (Å²) in [6.07, 6.45) is 0. The molecule has 3 rings (SSSR count). The Morgan fingerprint density at radius 1 is 0.900 bits per heavy atom. The smallest absolute Gasteiger partial charge is 0.253 e. The molecule has 30 heavy (non-hydrogen) atoms. The lowest BCUT2D eigenvalue weighted by Gasteiger charge is -2.16. The van der Waals surface area contributed by atoms with Crippen LogP contribution < -0.4 is 16.0 Å². The average Bonchev–Trinajstić information content (AvgIpc) is 2.77. The number of benzene rings is 3. The summed E-state index contributed by atoms with van der Waals surface area (Å²) in [5, 5.41) is 9.57. The first-order valence-corrected chi connectivity index (χ1v) is 10.1. The predicted molar refractivity (Wildman–Crippen MR) is 121 cm³/mol. The molecule has 3 N–H and O–H groups in total. The van der Waals surface area contributed by atoms with Crippen molar-refractivity contribution in [3.8, 4) is 0 Å². The molecule has 2 amide bonds. The summed E-state index contributed by atoms with van der Waals surface area (Å²) in [6, 6.07) is 24.0. The second-order valence-electron chi connectivity index (χ2n) is 6.91. The maximum Gasteiger partial charge on any atom is 0.253 e. The zero-order chi connectivity index (χ0) is 21.3. The number of hydrogen-bond donors (Lipinski definition) is 3. The summed E-state index contributed by atoms with van der Waals surface area (Å²) >= 11 is 5.91. The standard InChI is InChI=1S/C24H24ClN3O2/c1-17(19-11-13-20(25)14-12-19)28-23(29)16-26-22-10-6-5-9-21(22)24(30)27-15-18-7-3-2-4-8-18/h2-14,17,26H,15-16H2,1H3,(H,27,30)(H,28,29)/t17-/m0/s1. The van der Waals surface area contributed by atoms with Gasteiger partial charge >= 0.3 is 0 Å². The fourth-order valence-corrected chi connectivity index (χ4v) is 3.14. The van der Waals surface area contributed by atoms with Crippen LogP contribution in [0.5, 0.6) is 0 Å². The SMILES string of the molecule is C[C@H](NC(=O)CNc1ccccc1C(=O)NCc1ccccc1)c1ccc(Cl)cc1. The van der Waals surface area contributed by atoms with Gasteiger partial charge in [0.05, 0.1) is 18.2 Å². The summed E-state index contributed by atoms with van der Waals surface area (Å²) < 4.78 is 0. The Kier molecular flexibility index (Phi) is 7.46. The van der Waals surface area contributed by atoms with Crippen LogP contribution in [-0.2, 0) is 11.3 Å². The molecule has 0 saturated carbocycles. The molecule has 0 aliphatic rings. The van der Waals surface area contributed by atoms with Crippen molar-refractivity contribution in [3.63, 3.8) is 0 Å². The van der Waals surface area contributed by atoms with E-state index in [9.17, 15) is 9.59 Å². The zero-order valence-electron chi connectivity index (χ0n) is 16.7. The van der Waals surface area contributed by atoms with Crippen LogP contribution >= 0.6 is 11.6 Å². The molecule has 6 heteroatoms. The second-order valence-corrected chi connectivity index (χ2v) is 7.34. The minimum Gasteiger partial charge on any atom is -0.376 e. The molecule has 3 aromatic rings. The normalized spacial score (nSPS) is 11.4. The minimum atomic E-state index is -0.197. The van der Waals surface area contributed by atoms with Crippen LogP contribution in [0.2, 0.25) is 5.02 Å². The van der Waals surface area contributed by atoms with Crippen molar-refractivity contribution >= 4 is 29.1 Å². The van der Waals surface area contributed by atoms with Gasteiger partial charge in [-0.25, -0.2) is 0 Å². The highest BCUT2D eigenvalue weighted by molar-refractivity contribution is 6.30. The summed E-state index contributed by atoms with van der Waals surface area (Å²) in [6.45, 7) is 2.40. The van der Waals surface area contributed by atoms with E-state index in [-0.39, 0.29) is 24.4 Å². The quantitative estimate of drug-likeness (QED) is 0.499. The van der Waals surface area contributed by atoms with Gasteiger partial charge in [0, 0.05) is 17.3 Å². The third kappa shape index (κ3) is 6.09. The molecule has 0 aromatic heterocycles. The molecule has 0 heterocycles. The van der Waals surface area contributed by atoms with Gasteiger partial charge in [-0.2, -0.15) is 0 Å². The van der Waals surface area contributed by atoms with Crippen molar-refractivity contribution in [2.75, 3.05) is 11.9 Å². The van der Waals surface area contributed by atoms with E-state index in [1.807, 2.05) is 55.5 Å². The Morgan fingerprint density at radius 3 is 2.30 bits per heavy atom. The highest BCUT2D eigenvalue weighted by Crippen LogP contribution is 2.17. The van der Waals surface area contributed by atoms with E-state index >= 15 is 0 Å². The van der Waals surface area contributed by atoms with Crippen molar-refractivity contribution in [3.05, 3.63) is 101 Å². The van der Waals surface area contributed by atoms with Crippen LogP contribution in [0.1, 0.15) is 34.5 Å². The van der Waals surface area contributed by atoms with Crippen LogP contribution in [0.4, 0.5) is 5.69 Å². The van der Waals surface area contributed by atoms with Gasteiger partial charge < -0.3 is 16.0 Å². The number of hydrogen-bond acceptors (Lipinski definition) is 3. The fraction of sp³-hybridized carbons (Fsp3) is 0.167. The van der Waals surface area contributed by atoms with Crippen LogP contribution in [-0.4, -0.2) is 18.4 Å². The number of halogens is 1. The van der Waals surface area contributed by atoms with Crippen LogP contribution in [0, 0.1) is 0 Å². The lowest BCUT2D eigenvalue weighted by Crippen LogP contribution is -2.32. The Morgan fingerprint density at radius 2 is 1.57 bits per heavy atom. The molecule has 1 atom stereocenters. The first-order chi connectivity index (χ1) is 14.5. The van der Waals surface area contributed by atoms with Gasteiger partial charge in [0.1, 0.15) is 0 Å². The van der Waals surface area contributed by atoms with E-state index in [0.29, 0.717) is 22.8 Å². The fourth-order valence-electron chi connectivity index (χ4n) is 3.01. The number of para-hydroxylation sites is 1. The van der Waals surface area contributed by atoms with Crippen LogP contribution in [0.15, 0.2) is 78.9 Å². The first-order valence-electron chi connectivity index (χ1n) is 9.73. The molecule has 0 saturated heterocycles. The van der Waals surface area contributed by atoms with Gasteiger partial charge in [0.2, 0.25) is 5.91 Å². The molecule has 0 fully saturated rings. The summed E-state index contributed by atoms with van der Waals surface area (Å²) in [7, 11) is 0. The van der Waals surface area contributed by atoms with Gasteiger partial charge in [0.25, 0.3) is 5.91 Å². The number of amides is 2. The molecule has 154 valence electrons. The van der Waals surface area contributed by atoms with Crippen molar-refractivity contribution < 1.29 is 9.59 Å². The average molecular weight is 422 g/mol. The van der Waals surface area contributed by atoms with Gasteiger partial charge in [-0.15, -0.1) is 0 Å². The van der Waals surface area contributed by atoms with Crippen molar-refractivity contribution in [2.24, 2.45) is 0 Å². The topological polar surface area (TPSA) is 70.2 Å². The van der Waals surface area contributed by atoms with Gasteiger partial charge in [-0.1, -0.05) is 66.2 Å². The highest BCUT2D eigenvalue weighted by Gasteiger charge is 2.13. The third-order valence-corrected chi connectivity index (χ3v) is 4.91. The summed E-state index contributed by atoms with van der Waals surface area (Å²) in [5.41, 5.74) is 3.09. The molecular weight excluding hydrogens is 398 g/mol. The molecule has 0 unspecified atom stereocenters. The number of carbonyl (C=O) groups is 2. The molecule has 5 nitrogen and oxygen atoms in total. The number of carbonyl (C=O) groups excluding carboxylic acids is 2. The van der Waals surface area contributed by atoms with E-state index in [4.69, 9.17) is 11.6 Å². The number of rotatable bonds is 8. The van der Waals surface area contributed by atoms with Crippen LogP contribution in [0.3, 0.4) is 0 Å². The number of nitrogens with one attached hydrogen (secondary N) is 3. The van der Waals surface area contributed by atoms with E-state index in [2.05, 4.69) is 16.0 Å². The van der Waals surface area contributed by atoms with Crippen LogP contribution in [0.25, 0.3) is 0 Å². The maximum atomic E-state index is 12.6. The van der Waals surface area contributed by atoms with Gasteiger partial charge in [0.15, 0.2) is 0 Å². The molecule has 0 radical (unpaired) electrons. The first kappa shape index (κ1) is 21.4. The van der Waals surface area contributed by atoms with E-state index in [0.717, 1.165) is 11.1 Å². The Hall–Kier alpha value is -3.31. The number of anilines is 1. The van der Waals surface area contributed by atoms with Gasteiger partial charge in [-0.3, -0.25) is 9.59 Å². The monoisotopic (exact) mass is 421 g/mol. The van der Waals surface area contributed by atoms with Crippen molar-refractivity contribution in [1.29, 1.82) is 0 Å². The van der Waals surface area contributed by atoms with E-state index in [1.54, 1.807) is 30.3 Å². The molecule has 0 aliphatic heterocycles. The maximum absolute atomic E-state index is 12.6. The third-order valence-electron chi connectivity index (χ3n) is 4.65. The Bertz CT molecular complexity index is 991. The largest absolute Gasteiger partial charge is 0.376 e. The molecule has 3 aromatic carbocycles. The summed E-state index contributed by atoms with van der Waals surface area (Å²) in [4.78, 5) is 25.0. The lowest BCUT2D eigenvalue weighted by atomic mass is 10.1. The Labute approximate surface area is 181 Å².